The first-order valence-corrected chi connectivity index (χ1v) is 19.0. The summed E-state index contributed by atoms with van der Waals surface area (Å²) in [6.45, 7) is 8.63. The summed E-state index contributed by atoms with van der Waals surface area (Å²) in [5, 5.41) is 0. The molecule has 1 unspecified atom stereocenters. The number of amidine groups is 1. The summed E-state index contributed by atoms with van der Waals surface area (Å²) in [6.07, 6.45) is 19.4. The average molecular weight is 804 g/mol. The highest BCUT2D eigenvalue weighted by Crippen LogP contribution is 2.28. The third-order valence-corrected chi connectivity index (χ3v) is 9.60. The van der Waals surface area contributed by atoms with Gasteiger partial charge in [0.25, 0.3) is 0 Å². The molecule has 0 N–H and O–H groups in total. The molecule has 5 aromatic rings. The molecule has 262 valence electrons. The zero-order chi connectivity index (χ0) is 36.8. The standard InChI is InChI=1S/C47H42IN5/c1-4-19-42(37-20-13-8-14-21-37)49-44(38-22-11-6-7-12-23-38)50-43(48)35(5-2)29-28-34(3)36-30-32-41(33-31-36)47-52-45(39-24-15-9-16-25-39)51-46(53-47)40-26-17-10-18-27-40/h5-18,20-22,24-33,42H,3-4,19,23H2,1-2H3/b29-28-,35-5+,49-44-,50-43-. The number of aromatic nitrogens is 3. The van der Waals surface area contributed by atoms with Gasteiger partial charge in [0.2, 0.25) is 0 Å². The molecule has 0 aliphatic heterocycles. The first kappa shape index (κ1) is 37.2. The molecule has 1 aliphatic rings. The maximum absolute atomic E-state index is 5.28. The van der Waals surface area contributed by atoms with E-state index in [0.717, 1.165) is 67.8 Å². The lowest BCUT2D eigenvalue weighted by Crippen LogP contribution is -2.07. The molecule has 0 amide bonds. The number of aliphatic imine (C=N–C) groups is 2. The van der Waals surface area contributed by atoms with Crippen LogP contribution in [0, 0.1) is 0 Å². The van der Waals surface area contributed by atoms with E-state index in [9.17, 15) is 0 Å². The van der Waals surface area contributed by atoms with E-state index < -0.39 is 0 Å². The zero-order valence-electron chi connectivity index (χ0n) is 30.1. The van der Waals surface area contributed by atoms with E-state index in [1.807, 2.05) is 97.9 Å². The smallest absolute Gasteiger partial charge is 0.164 e. The van der Waals surface area contributed by atoms with Crippen LogP contribution >= 0.6 is 22.6 Å². The Kier molecular flexibility index (Phi) is 13.2. The molecule has 5 nitrogen and oxygen atoms in total. The van der Waals surface area contributed by atoms with Crippen LogP contribution in [0.5, 0.6) is 0 Å². The SMILES string of the molecule is C=C(\C=C/C(=C\C)C(/I)=N/C(=N\C(CCC)c1ccccc1)C1=CC=CC=CC1)c1ccc(-c2nc(-c3ccccc3)nc(-c3ccccc3)n2)cc1. The summed E-state index contributed by atoms with van der Waals surface area (Å²) < 4.78 is 0.864. The molecule has 6 rings (SSSR count). The first-order chi connectivity index (χ1) is 26.0. The van der Waals surface area contributed by atoms with Gasteiger partial charge in [-0.25, -0.2) is 19.9 Å². The van der Waals surface area contributed by atoms with Crippen LogP contribution in [0.1, 0.15) is 50.3 Å². The lowest BCUT2D eigenvalue weighted by atomic mass is 10.0. The summed E-state index contributed by atoms with van der Waals surface area (Å²) in [4.78, 5) is 25.0. The maximum atomic E-state index is 5.28. The van der Waals surface area contributed by atoms with Crippen LogP contribution in [0.3, 0.4) is 0 Å². The zero-order valence-corrected chi connectivity index (χ0v) is 32.3. The van der Waals surface area contributed by atoms with Gasteiger partial charge in [0.15, 0.2) is 23.3 Å². The van der Waals surface area contributed by atoms with Crippen LogP contribution in [-0.2, 0) is 0 Å². The fourth-order valence-electron chi connectivity index (χ4n) is 5.83. The van der Waals surface area contributed by atoms with Crippen molar-refractivity contribution in [1.29, 1.82) is 0 Å². The molecule has 0 fully saturated rings. The van der Waals surface area contributed by atoms with E-state index in [0.29, 0.717) is 17.5 Å². The molecule has 1 atom stereocenters. The summed E-state index contributed by atoms with van der Waals surface area (Å²) in [5.41, 5.74) is 7.96. The van der Waals surface area contributed by atoms with Crippen molar-refractivity contribution in [2.75, 3.05) is 0 Å². The molecular formula is C47H42IN5. The third kappa shape index (κ3) is 10.1. The van der Waals surface area contributed by atoms with Gasteiger partial charge in [0.1, 0.15) is 3.72 Å². The minimum Gasteiger partial charge on any atom is -0.258 e. The Labute approximate surface area is 327 Å². The highest BCUT2D eigenvalue weighted by Gasteiger charge is 2.15. The van der Waals surface area contributed by atoms with Gasteiger partial charge in [-0.1, -0.05) is 184 Å². The second-order valence-electron chi connectivity index (χ2n) is 12.5. The van der Waals surface area contributed by atoms with Crippen molar-refractivity contribution in [3.05, 3.63) is 193 Å². The van der Waals surface area contributed by atoms with E-state index >= 15 is 0 Å². The number of halogens is 1. The molecule has 0 saturated carbocycles. The van der Waals surface area contributed by atoms with Crippen LogP contribution < -0.4 is 0 Å². The number of nitrogens with zero attached hydrogens (tertiary/aromatic N) is 5. The van der Waals surface area contributed by atoms with E-state index in [-0.39, 0.29) is 6.04 Å². The number of allylic oxidation sites excluding steroid dienone is 10. The maximum Gasteiger partial charge on any atom is 0.164 e. The summed E-state index contributed by atoms with van der Waals surface area (Å²) in [7, 11) is 0. The van der Waals surface area contributed by atoms with E-state index in [1.54, 1.807) is 0 Å². The number of rotatable bonds is 12. The second-order valence-corrected chi connectivity index (χ2v) is 13.5. The van der Waals surface area contributed by atoms with Crippen LogP contribution in [0.15, 0.2) is 192 Å². The summed E-state index contributed by atoms with van der Waals surface area (Å²) in [5.74, 6) is 2.66. The quantitative estimate of drug-likeness (QED) is 0.0546. The van der Waals surface area contributed by atoms with Gasteiger partial charge in [-0.3, -0.25) is 4.99 Å². The van der Waals surface area contributed by atoms with Gasteiger partial charge >= 0.3 is 0 Å². The molecule has 53 heavy (non-hydrogen) atoms. The highest BCUT2D eigenvalue weighted by molar-refractivity contribution is 14.1. The van der Waals surface area contributed by atoms with Crippen molar-refractivity contribution in [3.63, 3.8) is 0 Å². The normalized spacial score (nSPS) is 14.2. The second kappa shape index (κ2) is 18.8. The van der Waals surface area contributed by atoms with Crippen LogP contribution in [0.4, 0.5) is 0 Å². The Morgan fingerprint density at radius 3 is 1.87 bits per heavy atom. The first-order valence-electron chi connectivity index (χ1n) is 17.9. The molecular weight excluding hydrogens is 761 g/mol. The molecule has 6 heteroatoms. The molecule has 4 aromatic carbocycles. The minimum absolute atomic E-state index is 0.0287. The van der Waals surface area contributed by atoms with Gasteiger partial charge in [-0.2, -0.15) is 0 Å². The van der Waals surface area contributed by atoms with Gasteiger partial charge in [0.05, 0.1) is 6.04 Å². The molecule has 0 bridgehead atoms. The van der Waals surface area contributed by atoms with Crippen LogP contribution in [-0.4, -0.2) is 24.5 Å². The van der Waals surface area contributed by atoms with Gasteiger partial charge in [-0.15, -0.1) is 0 Å². The highest BCUT2D eigenvalue weighted by atomic mass is 127. The van der Waals surface area contributed by atoms with Gasteiger partial charge in [0, 0.05) is 27.8 Å². The van der Waals surface area contributed by atoms with Crippen molar-refractivity contribution >= 4 is 37.7 Å². The fourth-order valence-corrected chi connectivity index (χ4v) is 6.55. The fraction of sp³-hybridized carbons (Fsp3) is 0.128. The number of hydrogen-bond acceptors (Lipinski definition) is 4. The van der Waals surface area contributed by atoms with Crippen LogP contribution in [0.25, 0.3) is 39.7 Å². The summed E-state index contributed by atoms with van der Waals surface area (Å²) in [6, 6.07) is 38.8. The van der Waals surface area contributed by atoms with Crippen LogP contribution in [0.2, 0.25) is 0 Å². The molecule has 1 aromatic heterocycles. The van der Waals surface area contributed by atoms with Crippen molar-refractivity contribution in [2.24, 2.45) is 9.98 Å². The van der Waals surface area contributed by atoms with E-state index in [1.165, 1.54) is 5.56 Å². The van der Waals surface area contributed by atoms with E-state index in [4.69, 9.17) is 24.9 Å². The third-order valence-electron chi connectivity index (χ3n) is 8.74. The lowest BCUT2D eigenvalue weighted by Gasteiger charge is -2.15. The molecule has 1 aliphatic carbocycles. The average Bonchev–Trinajstić information content (AvgIpc) is 3.51. The minimum atomic E-state index is 0.0287. The lowest BCUT2D eigenvalue weighted by molar-refractivity contribution is 0.640. The Morgan fingerprint density at radius 1 is 0.736 bits per heavy atom. The monoisotopic (exact) mass is 803 g/mol. The molecule has 0 saturated heterocycles. The van der Waals surface area contributed by atoms with Crippen molar-refractivity contribution < 1.29 is 0 Å². The topological polar surface area (TPSA) is 63.4 Å². The van der Waals surface area contributed by atoms with Gasteiger partial charge in [-0.05, 0) is 59.1 Å². The predicted molar refractivity (Wildman–Crippen MR) is 232 cm³/mol. The Bertz CT molecular complexity index is 2170. The predicted octanol–water partition coefficient (Wildman–Crippen LogP) is 12.6. The largest absolute Gasteiger partial charge is 0.258 e. The van der Waals surface area contributed by atoms with E-state index in [2.05, 4.69) is 109 Å². The van der Waals surface area contributed by atoms with Crippen molar-refractivity contribution in [2.45, 2.75) is 39.2 Å². The van der Waals surface area contributed by atoms with Crippen molar-refractivity contribution in [1.82, 2.24) is 15.0 Å². The van der Waals surface area contributed by atoms with Gasteiger partial charge < -0.3 is 0 Å². The van der Waals surface area contributed by atoms with Crippen molar-refractivity contribution in [3.8, 4) is 34.2 Å². The molecule has 0 spiro atoms. The number of hydrogen-bond donors (Lipinski definition) is 0. The Morgan fingerprint density at radius 2 is 1.30 bits per heavy atom. The molecule has 1 heterocycles. The Hall–Kier alpha value is -5.60. The summed E-state index contributed by atoms with van der Waals surface area (Å²) >= 11 is 2.33. The Balaban J connectivity index is 1.25. The number of benzene rings is 4. The molecule has 0 radical (unpaired) electrons.